The fourth-order valence-electron chi connectivity index (χ4n) is 1.24. The molecule has 1 amide bonds. The third-order valence-electron chi connectivity index (χ3n) is 2.04. The van der Waals surface area contributed by atoms with Gasteiger partial charge in [0.05, 0.1) is 23.3 Å². The van der Waals surface area contributed by atoms with Crippen molar-refractivity contribution >= 4 is 17.3 Å². The lowest BCUT2D eigenvalue weighted by Crippen LogP contribution is -2.39. The van der Waals surface area contributed by atoms with Gasteiger partial charge in [-0.05, 0) is 6.07 Å². The van der Waals surface area contributed by atoms with E-state index in [1.807, 2.05) is 0 Å². The quantitative estimate of drug-likeness (QED) is 0.594. The van der Waals surface area contributed by atoms with Crippen LogP contribution in [-0.2, 0) is 9.53 Å². The van der Waals surface area contributed by atoms with E-state index in [0.29, 0.717) is 0 Å². The summed E-state index contributed by atoms with van der Waals surface area (Å²) in [5, 5.41) is 12.8. The molecule has 1 aromatic carbocycles. The summed E-state index contributed by atoms with van der Waals surface area (Å²) in [5.41, 5.74) is 4.96. The molecule has 0 aliphatic carbocycles. The highest BCUT2D eigenvalue weighted by atomic mass is 19.1. The maximum atomic E-state index is 13.1. The minimum absolute atomic E-state index is 0.0107. The molecule has 0 fully saturated rings. The number of nitrogens with one attached hydrogen (secondary N) is 1. The normalized spacial score (nSPS) is 11.9. The molecule has 7 nitrogen and oxygen atoms in total. The van der Waals surface area contributed by atoms with Crippen LogP contribution in [0.15, 0.2) is 18.2 Å². The molecule has 98 valence electrons. The summed E-state index contributed by atoms with van der Waals surface area (Å²) in [5.74, 6) is -1.43. The summed E-state index contributed by atoms with van der Waals surface area (Å²) in [6.45, 7) is -0.0107. The number of methoxy groups -OCH3 is 1. The number of nitrogens with zero attached hydrogens (tertiary/aromatic N) is 1. The van der Waals surface area contributed by atoms with Crippen LogP contribution >= 0.6 is 0 Å². The lowest BCUT2D eigenvalue weighted by Gasteiger charge is -2.11. The molecule has 0 saturated carbocycles. The van der Waals surface area contributed by atoms with Crippen molar-refractivity contribution in [3.05, 3.63) is 34.1 Å². The van der Waals surface area contributed by atoms with E-state index in [9.17, 15) is 19.3 Å². The van der Waals surface area contributed by atoms with Gasteiger partial charge in [-0.2, -0.15) is 0 Å². The molecule has 0 saturated heterocycles. The van der Waals surface area contributed by atoms with Gasteiger partial charge < -0.3 is 15.8 Å². The predicted molar refractivity (Wildman–Crippen MR) is 61.5 cm³/mol. The largest absolute Gasteiger partial charge is 0.383 e. The molecule has 0 aliphatic rings. The van der Waals surface area contributed by atoms with Crippen molar-refractivity contribution in [1.82, 2.24) is 0 Å². The maximum absolute atomic E-state index is 13.1. The van der Waals surface area contributed by atoms with E-state index >= 15 is 0 Å². The van der Waals surface area contributed by atoms with Crippen LogP contribution in [0.5, 0.6) is 0 Å². The van der Waals surface area contributed by atoms with Gasteiger partial charge in [-0.1, -0.05) is 0 Å². The van der Waals surface area contributed by atoms with Gasteiger partial charge in [0.25, 0.3) is 5.69 Å². The molecule has 0 radical (unpaired) electrons. The van der Waals surface area contributed by atoms with E-state index in [4.69, 9.17) is 5.73 Å². The highest BCUT2D eigenvalue weighted by Crippen LogP contribution is 2.19. The Kier molecular flexibility index (Phi) is 4.69. The smallest absolute Gasteiger partial charge is 0.274 e. The lowest BCUT2D eigenvalue weighted by molar-refractivity contribution is -0.385. The van der Waals surface area contributed by atoms with Gasteiger partial charge in [0.1, 0.15) is 11.9 Å². The number of nitro benzene ring substituents is 1. The van der Waals surface area contributed by atoms with Gasteiger partial charge in [0.2, 0.25) is 5.91 Å². The highest BCUT2D eigenvalue weighted by Gasteiger charge is 2.16. The standard InChI is InChI=1S/C10H12FN3O4/c1-18-5-9(12)10(15)13-7-2-6(11)3-8(4-7)14(16)17/h2-4,9H,5,12H2,1H3,(H,13,15). The molecule has 0 aliphatic heterocycles. The van der Waals surface area contributed by atoms with E-state index in [2.05, 4.69) is 10.1 Å². The zero-order chi connectivity index (χ0) is 13.7. The highest BCUT2D eigenvalue weighted by molar-refractivity contribution is 5.95. The van der Waals surface area contributed by atoms with Crippen molar-refractivity contribution < 1.29 is 18.8 Å². The second-order valence-electron chi connectivity index (χ2n) is 3.51. The van der Waals surface area contributed by atoms with Crippen molar-refractivity contribution in [2.45, 2.75) is 6.04 Å². The summed E-state index contributed by atoms with van der Waals surface area (Å²) < 4.78 is 17.8. The van der Waals surface area contributed by atoms with E-state index in [-0.39, 0.29) is 12.3 Å². The van der Waals surface area contributed by atoms with E-state index in [1.165, 1.54) is 7.11 Å². The SMILES string of the molecule is COCC(N)C(=O)Nc1cc(F)cc([N+](=O)[O-])c1. The van der Waals surface area contributed by atoms with Gasteiger partial charge >= 0.3 is 0 Å². The molecule has 0 aromatic heterocycles. The van der Waals surface area contributed by atoms with Crippen LogP contribution in [0, 0.1) is 15.9 Å². The van der Waals surface area contributed by atoms with Crippen LogP contribution in [-0.4, -0.2) is 30.6 Å². The summed E-state index contributed by atoms with van der Waals surface area (Å²) in [6.07, 6.45) is 0. The Morgan fingerprint density at radius 3 is 2.83 bits per heavy atom. The number of anilines is 1. The third kappa shape index (κ3) is 3.75. The van der Waals surface area contributed by atoms with Gasteiger partial charge in [-0.15, -0.1) is 0 Å². The van der Waals surface area contributed by atoms with Crippen LogP contribution in [0.25, 0.3) is 0 Å². The topological polar surface area (TPSA) is 107 Å². The zero-order valence-electron chi connectivity index (χ0n) is 9.55. The Balaban J connectivity index is 2.84. The minimum atomic E-state index is -0.933. The average molecular weight is 257 g/mol. The number of hydrogen-bond donors (Lipinski definition) is 2. The van der Waals surface area contributed by atoms with Gasteiger partial charge in [0.15, 0.2) is 0 Å². The van der Waals surface area contributed by atoms with E-state index in [0.717, 1.165) is 18.2 Å². The fourth-order valence-corrected chi connectivity index (χ4v) is 1.24. The molecule has 0 spiro atoms. The van der Waals surface area contributed by atoms with Crippen LogP contribution in [0.2, 0.25) is 0 Å². The molecule has 1 unspecified atom stereocenters. The van der Waals surface area contributed by atoms with E-state index in [1.54, 1.807) is 0 Å². The first kappa shape index (κ1) is 14.0. The van der Waals surface area contributed by atoms with Gasteiger partial charge in [0, 0.05) is 13.2 Å². The molecule has 1 rings (SSSR count). The molecule has 1 atom stereocenters. The molecule has 0 heterocycles. The van der Waals surface area contributed by atoms with Gasteiger partial charge in [-0.3, -0.25) is 14.9 Å². The Morgan fingerprint density at radius 2 is 2.28 bits per heavy atom. The molecule has 1 aromatic rings. The number of hydrogen-bond acceptors (Lipinski definition) is 5. The van der Waals surface area contributed by atoms with Crippen molar-refractivity contribution in [3.8, 4) is 0 Å². The predicted octanol–water partition coefficient (Wildman–Crippen LogP) is 0.646. The molecule has 3 N–H and O–H groups in total. The molecule has 0 bridgehead atoms. The molecule has 18 heavy (non-hydrogen) atoms. The van der Waals surface area contributed by atoms with E-state index < -0.39 is 28.4 Å². The van der Waals surface area contributed by atoms with Crippen molar-refractivity contribution in [3.63, 3.8) is 0 Å². The number of halogens is 1. The first-order chi connectivity index (χ1) is 8.43. The Morgan fingerprint density at radius 1 is 1.61 bits per heavy atom. The monoisotopic (exact) mass is 257 g/mol. The maximum Gasteiger partial charge on any atom is 0.274 e. The van der Waals surface area contributed by atoms with Gasteiger partial charge in [-0.25, -0.2) is 4.39 Å². The van der Waals surface area contributed by atoms with Crippen molar-refractivity contribution in [2.75, 3.05) is 19.0 Å². The number of benzene rings is 1. The van der Waals surface area contributed by atoms with Crippen molar-refractivity contribution in [1.29, 1.82) is 0 Å². The number of non-ortho nitro benzene ring substituents is 1. The fraction of sp³-hybridized carbons (Fsp3) is 0.300. The number of carbonyl (C=O) groups excluding carboxylic acids is 1. The summed E-state index contributed by atoms with van der Waals surface area (Å²) in [4.78, 5) is 21.2. The second-order valence-corrected chi connectivity index (χ2v) is 3.51. The number of ether oxygens (including phenoxy) is 1. The Hall–Kier alpha value is -2.06. The number of nitrogens with two attached hydrogens (primary N) is 1. The first-order valence-corrected chi connectivity index (χ1v) is 4.94. The number of nitro groups is 1. The molecular formula is C10H12FN3O4. The van der Waals surface area contributed by atoms with Crippen LogP contribution in [0.1, 0.15) is 0 Å². The Labute approximate surface area is 102 Å². The second kappa shape index (κ2) is 6.03. The minimum Gasteiger partial charge on any atom is -0.383 e. The van der Waals surface area contributed by atoms with Crippen LogP contribution < -0.4 is 11.1 Å². The number of amides is 1. The number of rotatable bonds is 5. The zero-order valence-corrected chi connectivity index (χ0v) is 9.55. The first-order valence-electron chi connectivity index (χ1n) is 4.94. The summed E-state index contributed by atoms with van der Waals surface area (Å²) in [7, 11) is 1.38. The average Bonchev–Trinajstić information content (AvgIpc) is 2.28. The van der Waals surface area contributed by atoms with Crippen LogP contribution in [0.4, 0.5) is 15.8 Å². The summed E-state index contributed by atoms with van der Waals surface area (Å²) >= 11 is 0. The van der Waals surface area contributed by atoms with Crippen LogP contribution in [0.3, 0.4) is 0 Å². The lowest BCUT2D eigenvalue weighted by atomic mass is 10.2. The Bertz CT molecular complexity index is 466. The third-order valence-corrected chi connectivity index (χ3v) is 2.04. The van der Waals surface area contributed by atoms with Crippen molar-refractivity contribution in [2.24, 2.45) is 5.73 Å². The number of carbonyl (C=O) groups is 1. The summed E-state index contributed by atoms with van der Waals surface area (Å²) in [6, 6.07) is 1.83. The molecule has 8 heteroatoms. The molecular weight excluding hydrogens is 245 g/mol.